The molecule has 6 atom stereocenters. The summed E-state index contributed by atoms with van der Waals surface area (Å²) in [5.41, 5.74) is -1.32. The van der Waals surface area contributed by atoms with Crippen LogP contribution in [0.5, 0.6) is 0 Å². The zero-order chi connectivity index (χ0) is 20.9. The van der Waals surface area contributed by atoms with Crippen LogP contribution in [0.1, 0.15) is 79.6 Å². The average Bonchev–Trinajstić information content (AvgIpc) is 2.90. The van der Waals surface area contributed by atoms with Gasteiger partial charge in [-0.05, 0) is 43.9 Å². The Morgan fingerprint density at radius 1 is 1.07 bits per heavy atom. The minimum absolute atomic E-state index is 0.0542. The molecule has 0 spiro atoms. The van der Waals surface area contributed by atoms with E-state index in [9.17, 15) is 19.2 Å². The molecular weight excluding hydrogens is 354 g/mol. The van der Waals surface area contributed by atoms with Crippen molar-refractivity contribution in [2.45, 2.75) is 85.6 Å². The maximum atomic E-state index is 13.2. The van der Waals surface area contributed by atoms with Crippen LogP contribution in [-0.4, -0.2) is 29.3 Å². The Balaban J connectivity index is 1.78. The van der Waals surface area contributed by atoms with Gasteiger partial charge in [0.25, 0.3) is 0 Å². The summed E-state index contributed by atoms with van der Waals surface area (Å²) in [6.07, 6.45) is 3.48. The lowest BCUT2D eigenvalue weighted by molar-refractivity contribution is -0.160. The topological polar surface area (TPSA) is 80.3 Å². The first-order valence-electron chi connectivity index (χ1n) is 10.9. The highest BCUT2D eigenvalue weighted by Gasteiger charge is 2.62. The van der Waals surface area contributed by atoms with Crippen LogP contribution in [0.15, 0.2) is 0 Å². The van der Waals surface area contributed by atoms with Crippen molar-refractivity contribution < 1.29 is 19.2 Å². The molecule has 0 radical (unpaired) electrons. The maximum Gasteiger partial charge on any atom is 0.220 e. The number of Topliss-reactive ketones (excluding diaryl/α,β-unsaturated/α-hetero) is 3. The zero-order valence-electron chi connectivity index (χ0n) is 18.0. The van der Waals surface area contributed by atoms with Crippen molar-refractivity contribution in [1.29, 1.82) is 0 Å². The number of hydrogen-bond acceptors (Lipinski definition) is 4. The van der Waals surface area contributed by atoms with Crippen LogP contribution < -0.4 is 5.32 Å². The van der Waals surface area contributed by atoms with E-state index in [-0.39, 0.29) is 59.9 Å². The third kappa shape index (κ3) is 3.35. The van der Waals surface area contributed by atoms with Gasteiger partial charge in [-0.1, -0.05) is 27.7 Å². The SMILES string of the molecule is CC(C)[C@@H](C)NC(=O)CC[C@@]1(C)C(=O)CC[C@@H]2[C@@H]1C(=O)C[C@]1(C)C(=O)CC[C@@H]21. The van der Waals surface area contributed by atoms with E-state index in [0.29, 0.717) is 31.6 Å². The zero-order valence-corrected chi connectivity index (χ0v) is 18.0. The molecule has 0 heterocycles. The van der Waals surface area contributed by atoms with Gasteiger partial charge in [-0.25, -0.2) is 0 Å². The first-order valence-corrected chi connectivity index (χ1v) is 10.9. The molecule has 5 nitrogen and oxygen atoms in total. The van der Waals surface area contributed by atoms with Crippen LogP contribution in [0, 0.1) is 34.5 Å². The second kappa shape index (κ2) is 7.38. The third-order valence-electron chi connectivity index (χ3n) is 8.26. The Morgan fingerprint density at radius 2 is 1.71 bits per heavy atom. The van der Waals surface area contributed by atoms with E-state index in [2.05, 4.69) is 19.2 Å². The molecule has 28 heavy (non-hydrogen) atoms. The number of hydrogen-bond donors (Lipinski definition) is 1. The maximum absolute atomic E-state index is 13.2. The normalized spacial score (nSPS) is 38.9. The van der Waals surface area contributed by atoms with Gasteiger partial charge in [-0.15, -0.1) is 0 Å². The summed E-state index contributed by atoms with van der Waals surface area (Å²) in [6.45, 7) is 9.94. The molecule has 0 bridgehead atoms. The van der Waals surface area contributed by atoms with Gasteiger partial charge in [-0.2, -0.15) is 0 Å². The monoisotopic (exact) mass is 389 g/mol. The van der Waals surface area contributed by atoms with Gasteiger partial charge in [0.1, 0.15) is 17.3 Å². The molecule has 3 aliphatic rings. The first kappa shape index (κ1) is 21.2. The molecule has 3 saturated carbocycles. The van der Waals surface area contributed by atoms with Crippen LogP contribution in [0.2, 0.25) is 0 Å². The number of fused-ring (bicyclic) bond motifs is 3. The fraction of sp³-hybridized carbons (Fsp3) is 0.826. The Hall–Kier alpha value is -1.52. The summed E-state index contributed by atoms with van der Waals surface area (Å²) >= 11 is 0. The van der Waals surface area contributed by atoms with Gasteiger partial charge < -0.3 is 5.32 Å². The van der Waals surface area contributed by atoms with Crippen LogP contribution in [0.4, 0.5) is 0 Å². The number of ketones is 3. The Kier molecular flexibility index (Phi) is 5.59. The summed E-state index contributed by atoms with van der Waals surface area (Å²) in [6, 6.07) is 0.0802. The largest absolute Gasteiger partial charge is 0.353 e. The van der Waals surface area contributed by atoms with E-state index < -0.39 is 10.8 Å². The molecule has 3 rings (SSSR count). The van der Waals surface area contributed by atoms with Crippen LogP contribution in [-0.2, 0) is 19.2 Å². The molecule has 3 aliphatic carbocycles. The molecular formula is C23H35NO4. The molecule has 0 aromatic rings. The fourth-order valence-corrected chi connectivity index (χ4v) is 6.07. The summed E-state index contributed by atoms with van der Waals surface area (Å²) in [7, 11) is 0. The predicted octanol–water partition coefficient (Wildman–Crippen LogP) is 3.49. The molecule has 0 unspecified atom stereocenters. The summed E-state index contributed by atoms with van der Waals surface area (Å²) in [5.74, 6) is 0.630. The van der Waals surface area contributed by atoms with E-state index in [4.69, 9.17) is 0 Å². The van der Waals surface area contributed by atoms with Gasteiger partial charge in [0.05, 0.1) is 0 Å². The molecule has 1 N–H and O–H groups in total. The van der Waals surface area contributed by atoms with Crippen molar-refractivity contribution in [3.8, 4) is 0 Å². The van der Waals surface area contributed by atoms with Gasteiger partial charge in [0, 0.05) is 48.5 Å². The second-order valence-electron chi connectivity index (χ2n) is 10.2. The summed E-state index contributed by atoms with van der Waals surface area (Å²) < 4.78 is 0. The molecule has 0 aliphatic heterocycles. The standard InChI is InChI=1S/C23H35NO4/c1-13(2)14(3)24-20(28)10-11-22(4)18(26)8-6-15-16-7-9-19(27)23(16,5)12-17(25)21(15)22/h13-16,21H,6-12H2,1-5H3,(H,24,28)/t14-,15+,16+,21-,22+,23+/m1/s1. The van der Waals surface area contributed by atoms with Gasteiger partial charge in [0.15, 0.2) is 0 Å². The van der Waals surface area contributed by atoms with Gasteiger partial charge >= 0.3 is 0 Å². The molecule has 0 aromatic heterocycles. The van der Waals surface area contributed by atoms with Crippen LogP contribution in [0.3, 0.4) is 0 Å². The fourth-order valence-electron chi connectivity index (χ4n) is 6.07. The lowest BCUT2D eigenvalue weighted by Gasteiger charge is -2.53. The first-order chi connectivity index (χ1) is 13.0. The van der Waals surface area contributed by atoms with Crippen molar-refractivity contribution in [1.82, 2.24) is 5.32 Å². The van der Waals surface area contributed by atoms with Gasteiger partial charge in [0.2, 0.25) is 5.91 Å². The highest BCUT2D eigenvalue weighted by atomic mass is 16.2. The smallest absolute Gasteiger partial charge is 0.220 e. The molecule has 0 saturated heterocycles. The van der Waals surface area contributed by atoms with Crippen molar-refractivity contribution >= 4 is 23.3 Å². The molecule has 3 fully saturated rings. The predicted molar refractivity (Wildman–Crippen MR) is 106 cm³/mol. The Morgan fingerprint density at radius 3 is 2.36 bits per heavy atom. The van der Waals surface area contributed by atoms with Crippen LogP contribution in [0.25, 0.3) is 0 Å². The average molecular weight is 390 g/mol. The Labute approximate surface area is 168 Å². The summed E-state index contributed by atoms with van der Waals surface area (Å²) in [4.78, 5) is 51.0. The van der Waals surface area contributed by atoms with Crippen molar-refractivity contribution in [2.75, 3.05) is 0 Å². The van der Waals surface area contributed by atoms with E-state index in [1.807, 2.05) is 20.8 Å². The summed E-state index contributed by atoms with van der Waals surface area (Å²) in [5, 5.41) is 3.00. The number of carbonyl (C=O) groups excluding carboxylic acids is 4. The lowest BCUT2D eigenvalue weighted by Crippen LogP contribution is -2.56. The Bertz CT molecular complexity index is 699. The van der Waals surface area contributed by atoms with Crippen LogP contribution >= 0.6 is 0 Å². The van der Waals surface area contributed by atoms with E-state index in [0.717, 1.165) is 6.42 Å². The number of nitrogens with one attached hydrogen (secondary N) is 1. The number of carbonyl (C=O) groups is 4. The molecule has 0 aromatic carbocycles. The minimum Gasteiger partial charge on any atom is -0.353 e. The highest BCUT2D eigenvalue weighted by Crippen LogP contribution is 2.60. The number of amides is 1. The molecule has 156 valence electrons. The third-order valence-corrected chi connectivity index (χ3v) is 8.26. The van der Waals surface area contributed by atoms with Gasteiger partial charge in [-0.3, -0.25) is 19.2 Å². The molecule has 5 heteroatoms. The lowest BCUT2D eigenvalue weighted by atomic mass is 9.48. The quantitative estimate of drug-likeness (QED) is 0.780. The van der Waals surface area contributed by atoms with Crippen molar-refractivity contribution in [3.05, 3.63) is 0 Å². The van der Waals surface area contributed by atoms with E-state index >= 15 is 0 Å². The molecule has 1 amide bonds. The van der Waals surface area contributed by atoms with E-state index in [1.165, 1.54) is 0 Å². The van der Waals surface area contributed by atoms with E-state index in [1.54, 1.807) is 0 Å². The highest BCUT2D eigenvalue weighted by molar-refractivity contribution is 5.99. The second-order valence-corrected chi connectivity index (χ2v) is 10.2. The van der Waals surface area contributed by atoms with Crippen molar-refractivity contribution in [2.24, 2.45) is 34.5 Å². The minimum atomic E-state index is -0.786. The van der Waals surface area contributed by atoms with Crippen molar-refractivity contribution in [3.63, 3.8) is 0 Å². The number of rotatable bonds is 5.